The molecular weight excluding hydrogens is 292 g/mol. The Labute approximate surface area is 105 Å². The molecule has 1 aromatic carbocycles. The molecule has 1 amide bonds. The van der Waals surface area contributed by atoms with Gasteiger partial charge in [-0.3, -0.25) is 14.9 Å². The van der Waals surface area contributed by atoms with Crippen LogP contribution in [-0.4, -0.2) is 24.5 Å². The standard InChI is InChI=1S/C10H9BrN2O4/c1-17-9-7(13(15)16)4-6(11)5-2-3-12-10(14)8(5)9/h4H,2-3H2,1H3,(H,12,14). The number of carbonyl (C=O) groups is 1. The first-order valence-corrected chi connectivity index (χ1v) is 5.67. The first kappa shape index (κ1) is 11.8. The van der Waals surface area contributed by atoms with Crippen molar-refractivity contribution in [3.05, 3.63) is 31.8 Å². The zero-order valence-electron chi connectivity index (χ0n) is 8.95. The Hall–Kier alpha value is -1.63. The van der Waals surface area contributed by atoms with Crippen LogP contribution >= 0.6 is 15.9 Å². The van der Waals surface area contributed by atoms with E-state index in [1.54, 1.807) is 0 Å². The molecule has 1 N–H and O–H groups in total. The molecule has 7 heteroatoms. The van der Waals surface area contributed by atoms with Crippen molar-refractivity contribution in [3.63, 3.8) is 0 Å². The molecule has 90 valence electrons. The molecule has 1 heterocycles. The maximum Gasteiger partial charge on any atom is 0.312 e. The summed E-state index contributed by atoms with van der Waals surface area (Å²) in [5.41, 5.74) is 0.784. The van der Waals surface area contributed by atoms with Crippen molar-refractivity contribution < 1.29 is 14.5 Å². The van der Waals surface area contributed by atoms with Crippen molar-refractivity contribution in [2.45, 2.75) is 6.42 Å². The molecule has 1 aromatic rings. The molecule has 0 spiro atoms. The van der Waals surface area contributed by atoms with Crippen LogP contribution in [0.3, 0.4) is 0 Å². The number of nitrogens with zero attached hydrogens (tertiary/aromatic N) is 1. The van der Waals surface area contributed by atoms with E-state index in [4.69, 9.17) is 4.74 Å². The van der Waals surface area contributed by atoms with Gasteiger partial charge in [0.15, 0.2) is 0 Å². The van der Waals surface area contributed by atoms with Crippen LogP contribution in [0.2, 0.25) is 0 Å². The number of nitrogens with one attached hydrogen (secondary N) is 1. The molecule has 6 nitrogen and oxygen atoms in total. The average Bonchev–Trinajstić information content (AvgIpc) is 2.29. The van der Waals surface area contributed by atoms with E-state index >= 15 is 0 Å². The maximum absolute atomic E-state index is 11.8. The Morgan fingerprint density at radius 1 is 1.59 bits per heavy atom. The molecule has 0 saturated heterocycles. The molecule has 0 atom stereocenters. The van der Waals surface area contributed by atoms with Crippen LogP contribution in [0, 0.1) is 10.1 Å². The van der Waals surface area contributed by atoms with E-state index in [1.165, 1.54) is 13.2 Å². The Kier molecular flexibility index (Phi) is 3.01. The summed E-state index contributed by atoms with van der Waals surface area (Å²) >= 11 is 3.25. The minimum absolute atomic E-state index is 0.0189. The number of benzene rings is 1. The normalized spacial score (nSPS) is 13.9. The monoisotopic (exact) mass is 300 g/mol. The highest BCUT2D eigenvalue weighted by atomic mass is 79.9. The van der Waals surface area contributed by atoms with Gasteiger partial charge in [0, 0.05) is 17.1 Å². The number of carbonyl (C=O) groups excluding carboxylic acids is 1. The molecule has 0 aromatic heterocycles. The summed E-state index contributed by atoms with van der Waals surface area (Å²) in [4.78, 5) is 22.1. The highest BCUT2D eigenvalue weighted by Crippen LogP contribution is 2.39. The van der Waals surface area contributed by atoms with E-state index in [0.717, 1.165) is 5.56 Å². The third kappa shape index (κ3) is 1.86. The molecule has 0 radical (unpaired) electrons. The molecule has 0 fully saturated rings. The van der Waals surface area contributed by atoms with Crippen LogP contribution in [0.15, 0.2) is 10.5 Å². The predicted octanol–water partition coefficient (Wildman–Crippen LogP) is 1.65. The van der Waals surface area contributed by atoms with Crippen molar-refractivity contribution in [3.8, 4) is 5.75 Å². The zero-order chi connectivity index (χ0) is 12.6. The maximum atomic E-state index is 11.8. The van der Waals surface area contributed by atoms with Gasteiger partial charge in [-0.05, 0) is 12.0 Å². The minimum Gasteiger partial charge on any atom is -0.490 e. The minimum atomic E-state index is -0.564. The van der Waals surface area contributed by atoms with Gasteiger partial charge >= 0.3 is 5.69 Å². The molecule has 0 saturated carbocycles. The average molecular weight is 301 g/mol. The third-order valence-corrected chi connectivity index (χ3v) is 3.31. The number of hydrogen-bond acceptors (Lipinski definition) is 4. The molecule has 1 aliphatic heterocycles. The van der Waals surface area contributed by atoms with Crippen LogP contribution in [0.25, 0.3) is 0 Å². The smallest absolute Gasteiger partial charge is 0.312 e. The van der Waals surface area contributed by atoms with Crippen molar-refractivity contribution in [1.82, 2.24) is 5.32 Å². The SMILES string of the molecule is COc1c([N+](=O)[O-])cc(Br)c2c1C(=O)NCC2. The van der Waals surface area contributed by atoms with Gasteiger partial charge in [0.2, 0.25) is 5.75 Å². The molecule has 0 aliphatic carbocycles. The molecule has 1 aliphatic rings. The van der Waals surface area contributed by atoms with E-state index in [1.807, 2.05) is 0 Å². The van der Waals surface area contributed by atoms with Crippen molar-refractivity contribution in [1.29, 1.82) is 0 Å². The lowest BCUT2D eigenvalue weighted by Gasteiger charge is -2.20. The predicted molar refractivity (Wildman–Crippen MR) is 63.4 cm³/mol. The van der Waals surface area contributed by atoms with E-state index < -0.39 is 4.92 Å². The molecular formula is C10H9BrN2O4. The summed E-state index contributed by atoms with van der Waals surface area (Å²) in [5, 5.41) is 13.5. The van der Waals surface area contributed by atoms with Gasteiger partial charge in [-0.2, -0.15) is 0 Å². The van der Waals surface area contributed by atoms with Gasteiger partial charge < -0.3 is 10.1 Å². The van der Waals surface area contributed by atoms with Crippen LogP contribution in [0.1, 0.15) is 15.9 Å². The number of halogens is 1. The Bertz CT molecular complexity index is 516. The second-order valence-corrected chi connectivity index (χ2v) is 4.38. The quantitative estimate of drug-likeness (QED) is 0.665. The largest absolute Gasteiger partial charge is 0.490 e. The number of amides is 1. The Morgan fingerprint density at radius 3 is 2.88 bits per heavy atom. The number of rotatable bonds is 2. The van der Waals surface area contributed by atoms with Crippen LogP contribution in [0.5, 0.6) is 5.75 Å². The van der Waals surface area contributed by atoms with Crippen molar-refractivity contribution >= 4 is 27.5 Å². The molecule has 2 rings (SSSR count). The Morgan fingerprint density at radius 2 is 2.29 bits per heavy atom. The summed E-state index contributed by atoms with van der Waals surface area (Å²) in [6.07, 6.45) is 0.621. The molecule has 0 unspecified atom stereocenters. The Balaban J connectivity index is 2.76. The number of fused-ring (bicyclic) bond motifs is 1. The lowest BCUT2D eigenvalue weighted by Crippen LogP contribution is -2.32. The van der Waals surface area contributed by atoms with Crippen molar-refractivity contribution in [2.75, 3.05) is 13.7 Å². The van der Waals surface area contributed by atoms with Crippen LogP contribution in [0.4, 0.5) is 5.69 Å². The molecule has 17 heavy (non-hydrogen) atoms. The van der Waals surface area contributed by atoms with Gasteiger partial charge in [0.1, 0.15) is 0 Å². The van der Waals surface area contributed by atoms with Crippen LogP contribution < -0.4 is 10.1 Å². The molecule has 0 bridgehead atoms. The summed E-state index contributed by atoms with van der Waals surface area (Å²) in [6, 6.07) is 1.37. The van der Waals surface area contributed by atoms with E-state index in [0.29, 0.717) is 17.4 Å². The highest BCUT2D eigenvalue weighted by Gasteiger charge is 2.30. The number of ether oxygens (including phenoxy) is 1. The van der Waals surface area contributed by atoms with Gasteiger partial charge in [0.05, 0.1) is 17.6 Å². The first-order chi connectivity index (χ1) is 8.06. The van der Waals surface area contributed by atoms with Gasteiger partial charge in [-0.15, -0.1) is 0 Å². The van der Waals surface area contributed by atoms with Crippen molar-refractivity contribution in [2.24, 2.45) is 0 Å². The van der Waals surface area contributed by atoms with Crippen LogP contribution in [-0.2, 0) is 6.42 Å². The lowest BCUT2D eigenvalue weighted by atomic mass is 9.98. The fraction of sp³-hybridized carbons (Fsp3) is 0.300. The first-order valence-electron chi connectivity index (χ1n) is 4.88. The van der Waals surface area contributed by atoms with Gasteiger partial charge in [0.25, 0.3) is 5.91 Å². The topological polar surface area (TPSA) is 81.5 Å². The van der Waals surface area contributed by atoms with Gasteiger partial charge in [-0.25, -0.2) is 0 Å². The second-order valence-electron chi connectivity index (χ2n) is 3.53. The summed E-state index contributed by atoms with van der Waals surface area (Å²) in [5.74, 6) is -0.321. The fourth-order valence-corrected chi connectivity index (χ4v) is 2.49. The third-order valence-electron chi connectivity index (χ3n) is 2.60. The summed E-state index contributed by atoms with van der Waals surface area (Å²) in [7, 11) is 1.32. The zero-order valence-corrected chi connectivity index (χ0v) is 10.5. The number of nitro groups is 1. The summed E-state index contributed by atoms with van der Waals surface area (Å²) < 4.78 is 5.57. The highest BCUT2D eigenvalue weighted by molar-refractivity contribution is 9.10. The van der Waals surface area contributed by atoms with E-state index in [2.05, 4.69) is 21.2 Å². The second kappa shape index (κ2) is 4.33. The summed E-state index contributed by atoms with van der Waals surface area (Å²) in [6.45, 7) is 0.519. The fourth-order valence-electron chi connectivity index (χ4n) is 1.87. The number of methoxy groups -OCH3 is 1. The van der Waals surface area contributed by atoms with Gasteiger partial charge in [-0.1, -0.05) is 15.9 Å². The van der Waals surface area contributed by atoms with E-state index in [-0.39, 0.29) is 22.9 Å². The number of nitro benzene ring substituents is 1. The lowest BCUT2D eigenvalue weighted by molar-refractivity contribution is -0.385. The number of hydrogen-bond donors (Lipinski definition) is 1. The van der Waals surface area contributed by atoms with E-state index in [9.17, 15) is 14.9 Å².